The molecule has 1 saturated carbocycles. The first-order valence-electron chi connectivity index (χ1n) is 16.2. The van der Waals surface area contributed by atoms with Gasteiger partial charge in [0.25, 0.3) is 0 Å². The van der Waals surface area contributed by atoms with Gasteiger partial charge in [0.15, 0.2) is 0 Å². The van der Waals surface area contributed by atoms with Gasteiger partial charge in [-0.25, -0.2) is 0 Å². The van der Waals surface area contributed by atoms with Crippen molar-refractivity contribution < 1.29 is 37.9 Å². The number of methoxy groups -OCH3 is 1. The molecule has 0 spiro atoms. The summed E-state index contributed by atoms with van der Waals surface area (Å²) in [4.78, 5) is 0. The summed E-state index contributed by atoms with van der Waals surface area (Å²) < 4.78 is 50.5. The average Bonchev–Trinajstić information content (AvgIpc) is 3.37. The highest BCUT2D eigenvalue weighted by atomic mass is 16.8. The molecule has 0 N–H and O–H groups in total. The highest BCUT2D eigenvalue weighted by Gasteiger charge is 2.59. The second kappa shape index (κ2) is 18.5. The molecular formula is C37H48O8. The fourth-order valence-electron chi connectivity index (χ4n) is 5.93. The SMILES string of the molecule is COCCOCOCC1(OC2CCCCC2)O[C@H](COCc2ccccc2)[C@@H](OCc2ccccc2)[C@@H]1OCc1ccccc1. The molecule has 2 aliphatic rings. The molecule has 1 aliphatic heterocycles. The Hall–Kier alpha value is -2.66. The van der Waals surface area contributed by atoms with Crippen molar-refractivity contribution in [3.8, 4) is 0 Å². The van der Waals surface area contributed by atoms with Crippen LogP contribution in [0.25, 0.3) is 0 Å². The van der Waals surface area contributed by atoms with Crippen LogP contribution in [0.2, 0.25) is 0 Å². The lowest BCUT2D eigenvalue weighted by Gasteiger charge is -2.38. The van der Waals surface area contributed by atoms with Gasteiger partial charge in [-0.05, 0) is 29.5 Å². The summed E-state index contributed by atoms with van der Waals surface area (Å²) >= 11 is 0. The van der Waals surface area contributed by atoms with Crippen LogP contribution in [0, 0.1) is 0 Å². The second-order valence-corrected chi connectivity index (χ2v) is 11.7. The summed E-state index contributed by atoms with van der Waals surface area (Å²) in [6.45, 7) is 2.66. The fraction of sp³-hybridized carbons (Fsp3) is 0.514. The van der Waals surface area contributed by atoms with Crippen LogP contribution < -0.4 is 0 Å². The van der Waals surface area contributed by atoms with Gasteiger partial charge < -0.3 is 37.9 Å². The Morgan fingerprint density at radius 1 is 0.667 bits per heavy atom. The van der Waals surface area contributed by atoms with Crippen LogP contribution in [0.15, 0.2) is 91.0 Å². The van der Waals surface area contributed by atoms with Crippen LogP contribution in [-0.4, -0.2) is 70.5 Å². The van der Waals surface area contributed by atoms with E-state index in [0.29, 0.717) is 39.6 Å². The van der Waals surface area contributed by atoms with Crippen LogP contribution in [0.4, 0.5) is 0 Å². The van der Waals surface area contributed by atoms with E-state index in [-0.39, 0.29) is 19.5 Å². The van der Waals surface area contributed by atoms with Crippen molar-refractivity contribution in [2.24, 2.45) is 0 Å². The Kier molecular flexibility index (Phi) is 13.8. The Morgan fingerprint density at radius 3 is 1.89 bits per heavy atom. The monoisotopic (exact) mass is 620 g/mol. The van der Waals surface area contributed by atoms with E-state index in [1.165, 1.54) is 6.42 Å². The summed E-state index contributed by atoms with van der Waals surface area (Å²) in [6.07, 6.45) is 3.88. The Balaban J connectivity index is 1.40. The van der Waals surface area contributed by atoms with Gasteiger partial charge in [-0.1, -0.05) is 110 Å². The Morgan fingerprint density at radius 2 is 1.27 bits per heavy atom. The molecule has 5 rings (SSSR count). The van der Waals surface area contributed by atoms with E-state index in [4.69, 9.17) is 37.9 Å². The molecule has 1 saturated heterocycles. The van der Waals surface area contributed by atoms with Gasteiger partial charge >= 0.3 is 0 Å². The minimum atomic E-state index is -1.22. The zero-order valence-electron chi connectivity index (χ0n) is 26.4. The zero-order valence-corrected chi connectivity index (χ0v) is 26.4. The zero-order chi connectivity index (χ0) is 31.0. The molecule has 0 amide bonds. The van der Waals surface area contributed by atoms with Crippen LogP contribution in [0.5, 0.6) is 0 Å². The lowest BCUT2D eigenvalue weighted by atomic mass is 9.96. The third-order valence-corrected chi connectivity index (χ3v) is 8.22. The maximum atomic E-state index is 6.96. The summed E-state index contributed by atoms with van der Waals surface area (Å²) in [5.41, 5.74) is 3.21. The Labute approximate surface area is 267 Å². The first-order chi connectivity index (χ1) is 22.3. The largest absolute Gasteiger partial charge is 0.382 e. The molecule has 8 nitrogen and oxygen atoms in total. The smallest absolute Gasteiger partial charge is 0.222 e. The van der Waals surface area contributed by atoms with E-state index in [9.17, 15) is 0 Å². The average molecular weight is 621 g/mol. The predicted molar refractivity (Wildman–Crippen MR) is 170 cm³/mol. The quantitative estimate of drug-likeness (QED) is 0.112. The molecule has 2 fully saturated rings. The maximum absolute atomic E-state index is 6.96. The predicted octanol–water partition coefficient (Wildman–Crippen LogP) is 6.46. The molecule has 1 aliphatic carbocycles. The van der Waals surface area contributed by atoms with Crippen molar-refractivity contribution in [1.29, 1.82) is 0 Å². The molecular weight excluding hydrogens is 572 g/mol. The Bertz CT molecular complexity index is 1190. The standard InChI is InChI=1S/C37H48O8/c1-38-22-23-39-29-41-28-37(44-33-20-12-5-13-21-33)36(43-26-32-18-10-4-11-19-32)35(42-25-31-16-8-3-9-17-31)34(45-37)27-40-24-30-14-6-2-7-15-30/h2-4,6-11,14-19,33-36H,5,12-13,20-29H2,1H3/t34-,35-,36+,37?/m1/s1. The lowest BCUT2D eigenvalue weighted by molar-refractivity contribution is -0.315. The lowest BCUT2D eigenvalue weighted by Crippen LogP contribution is -2.53. The first-order valence-corrected chi connectivity index (χ1v) is 16.2. The number of hydrogen-bond acceptors (Lipinski definition) is 8. The van der Waals surface area contributed by atoms with Gasteiger partial charge in [-0.2, -0.15) is 0 Å². The number of hydrogen-bond donors (Lipinski definition) is 0. The molecule has 244 valence electrons. The van der Waals surface area contributed by atoms with Gasteiger partial charge in [0.1, 0.15) is 31.7 Å². The molecule has 3 aromatic carbocycles. The molecule has 8 heteroatoms. The van der Waals surface area contributed by atoms with Gasteiger partial charge in [-0.15, -0.1) is 0 Å². The van der Waals surface area contributed by atoms with Gasteiger partial charge in [0.2, 0.25) is 5.79 Å². The molecule has 0 aromatic heterocycles. The highest BCUT2D eigenvalue weighted by Crippen LogP contribution is 2.41. The third-order valence-electron chi connectivity index (χ3n) is 8.22. The minimum absolute atomic E-state index is 0.0262. The summed E-state index contributed by atoms with van der Waals surface area (Å²) in [5, 5.41) is 0. The van der Waals surface area contributed by atoms with Gasteiger partial charge in [0.05, 0.1) is 45.7 Å². The fourth-order valence-corrected chi connectivity index (χ4v) is 5.93. The first kappa shape index (κ1) is 33.7. The second-order valence-electron chi connectivity index (χ2n) is 11.7. The molecule has 1 heterocycles. The number of ether oxygens (including phenoxy) is 8. The summed E-state index contributed by atoms with van der Waals surface area (Å²) in [6, 6.07) is 30.4. The molecule has 0 radical (unpaired) electrons. The van der Waals surface area contributed by atoms with Crippen LogP contribution >= 0.6 is 0 Å². The maximum Gasteiger partial charge on any atom is 0.222 e. The van der Waals surface area contributed by atoms with Crippen molar-refractivity contribution in [3.63, 3.8) is 0 Å². The van der Waals surface area contributed by atoms with Crippen LogP contribution in [0.1, 0.15) is 48.8 Å². The number of benzene rings is 3. The van der Waals surface area contributed by atoms with Crippen molar-refractivity contribution >= 4 is 0 Å². The molecule has 1 unspecified atom stereocenters. The molecule has 3 aromatic rings. The highest BCUT2D eigenvalue weighted by molar-refractivity contribution is 5.16. The van der Waals surface area contributed by atoms with E-state index in [1.807, 2.05) is 54.6 Å². The topological polar surface area (TPSA) is 73.8 Å². The van der Waals surface area contributed by atoms with Crippen LogP contribution in [0.3, 0.4) is 0 Å². The van der Waals surface area contributed by atoms with Crippen molar-refractivity contribution in [2.75, 3.05) is 40.3 Å². The summed E-state index contributed by atoms with van der Waals surface area (Å²) in [5.74, 6) is -1.22. The van der Waals surface area contributed by atoms with E-state index < -0.39 is 24.1 Å². The summed E-state index contributed by atoms with van der Waals surface area (Å²) in [7, 11) is 1.65. The number of rotatable bonds is 19. The van der Waals surface area contributed by atoms with E-state index >= 15 is 0 Å². The van der Waals surface area contributed by atoms with Crippen molar-refractivity contribution in [1.82, 2.24) is 0 Å². The molecule has 45 heavy (non-hydrogen) atoms. The van der Waals surface area contributed by atoms with Crippen LogP contribution in [-0.2, 0) is 57.7 Å². The van der Waals surface area contributed by atoms with Gasteiger partial charge in [-0.3, -0.25) is 0 Å². The third kappa shape index (κ3) is 10.4. The normalized spacial score (nSPS) is 23.8. The molecule has 4 atom stereocenters. The van der Waals surface area contributed by atoms with E-state index in [2.05, 4.69) is 36.4 Å². The van der Waals surface area contributed by atoms with Crippen molar-refractivity contribution in [2.45, 2.75) is 82.1 Å². The minimum Gasteiger partial charge on any atom is -0.382 e. The molecule has 0 bridgehead atoms. The van der Waals surface area contributed by atoms with E-state index in [1.54, 1.807) is 7.11 Å². The van der Waals surface area contributed by atoms with Gasteiger partial charge in [0, 0.05) is 7.11 Å². The van der Waals surface area contributed by atoms with Crippen molar-refractivity contribution in [3.05, 3.63) is 108 Å². The van der Waals surface area contributed by atoms with E-state index in [0.717, 1.165) is 42.4 Å².